The van der Waals surface area contributed by atoms with Crippen molar-refractivity contribution in [2.24, 2.45) is 5.10 Å². The Bertz CT molecular complexity index is 612. The van der Waals surface area contributed by atoms with Crippen LogP contribution in [0.1, 0.15) is 52.0 Å². The predicted molar refractivity (Wildman–Crippen MR) is 93.1 cm³/mol. The molecule has 1 N–H and O–H groups in total. The Labute approximate surface area is 142 Å². The second-order valence-corrected chi connectivity index (χ2v) is 6.10. The number of carbonyl (C=O) groups excluding carboxylic acids is 2. The number of amides is 3. The molecule has 3 amide bonds. The van der Waals surface area contributed by atoms with Crippen LogP contribution >= 0.6 is 0 Å². The molecule has 6 nitrogen and oxygen atoms in total. The van der Waals surface area contributed by atoms with Crippen molar-refractivity contribution in [2.75, 3.05) is 6.61 Å². The van der Waals surface area contributed by atoms with Gasteiger partial charge in [-0.2, -0.15) is 5.10 Å². The Balaban J connectivity index is 1.95. The number of imide groups is 1. The average molecular weight is 331 g/mol. The topological polar surface area (TPSA) is 71.0 Å². The number of hydrogen-bond acceptors (Lipinski definition) is 4. The fraction of sp³-hybridized carbons (Fsp3) is 0.500. The fourth-order valence-corrected chi connectivity index (χ4v) is 2.33. The van der Waals surface area contributed by atoms with Gasteiger partial charge in [0.05, 0.1) is 12.8 Å². The van der Waals surface area contributed by atoms with Crippen LogP contribution in [0, 0.1) is 0 Å². The number of hydrogen-bond donors (Lipinski definition) is 1. The van der Waals surface area contributed by atoms with Gasteiger partial charge < -0.3 is 10.1 Å². The number of rotatable bonds is 8. The van der Waals surface area contributed by atoms with E-state index in [4.69, 9.17) is 4.74 Å². The molecule has 24 heavy (non-hydrogen) atoms. The van der Waals surface area contributed by atoms with Gasteiger partial charge in [-0.05, 0) is 49.6 Å². The van der Waals surface area contributed by atoms with Crippen molar-refractivity contribution in [3.8, 4) is 5.75 Å². The first-order valence-corrected chi connectivity index (χ1v) is 8.43. The van der Waals surface area contributed by atoms with Gasteiger partial charge in [-0.1, -0.05) is 26.7 Å². The molecule has 1 atom stereocenters. The summed E-state index contributed by atoms with van der Waals surface area (Å²) >= 11 is 0. The third kappa shape index (κ3) is 4.13. The molecule has 0 unspecified atom stereocenters. The van der Waals surface area contributed by atoms with Crippen molar-refractivity contribution >= 4 is 18.2 Å². The quantitative estimate of drug-likeness (QED) is 0.451. The highest BCUT2D eigenvalue weighted by molar-refractivity contribution is 6.07. The monoisotopic (exact) mass is 331 g/mol. The van der Waals surface area contributed by atoms with Crippen molar-refractivity contribution in [1.82, 2.24) is 10.3 Å². The van der Waals surface area contributed by atoms with E-state index in [1.165, 1.54) is 12.6 Å². The normalized spacial score (nSPS) is 20.7. The van der Waals surface area contributed by atoms with Crippen molar-refractivity contribution in [3.63, 3.8) is 0 Å². The third-order valence-electron chi connectivity index (χ3n) is 4.17. The summed E-state index contributed by atoms with van der Waals surface area (Å²) in [6.45, 7) is 6.42. The maximum absolute atomic E-state index is 12.2. The van der Waals surface area contributed by atoms with Crippen molar-refractivity contribution in [3.05, 3.63) is 29.8 Å². The number of benzene rings is 1. The lowest BCUT2D eigenvalue weighted by molar-refractivity contribution is -0.130. The first kappa shape index (κ1) is 18.0. The standard InChI is InChI=1S/C18H25N3O3/c1-4-6-7-12-24-15-10-8-14(9-11-15)13-19-21-16(22)18(3,5-2)20-17(21)23/h8-11,13H,4-7,12H2,1-3H3,(H,20,23)/b19-13-/t18-/m1/s1. The summed E-state index contributed by atoms with van der Waals surface area (Å²) in [4.78, 5) is 24.1. The molecular weight excluding hydrogens is 306 g/mol. The van der Waals surface area contributed by atoms with E-state index in [0.717, 1.165) is 29.2 Å². The highest BCUT2D eigenvalue weighted by atomic mass is 16.5. The van der Waals surface area contributed by atoms with E-state index in [9.17, 15) is 9.59 Å². The average Bonchev–Trinajstić information content (AvgIpc) is 2.81. The third-order valence-corrected chi connectivity index (χ3v) is 4.17. The van der Waals surface area contributed by atoms with Gasteiger partial charge in [0.1, 0.15) is 11.3 Å². The van der Waals surface area contributed by atoms with Gasteiger partial charge in [0.15, 0.2) is 0 Å². The summed E-state index contributed by atoms with van der Waals surface area (Å²) in [6, 6.07) is 6.91. The summed E-state index contributed by atoms with van der Waals surface area (Å²) in [5, 5.41) is 7.57. The molecule has 0 spiro atoms. The van der Waals surface area contributed by atoms with Gasteiger partial charge in [-0.15, -0.1) is 5.01 Å². The zero-order chi connectivity index (χ0) is 17.6. The van der Waals surface area contributed by atoms with E-state index in [0.29, 0.717) is 13.0 Å². The van der Waals surface area contributed by atoms with Gasteiger partial charge in [0.2, 0.25) is 0 Å². The molecule has 1 heterocycles. The predicted octanol–water partition coefficient (Wildman–Crippen LogP) is 3.31. The SMILES string of the molecule is CCCCCOc1ccc(/C=N\N2C(=O)N[C@](C)(CC)C2=O)cc1. The summed E-state index contributed by atoms with van der Waals surface area (Å²) in [7, 11) is 0. The van der Waals surface area contributed by atoms with Crippen LogP contribution in [0.25, 0.3) is 0 Å². The Hall–Kier alpha value is -2.37. The van der Waals surface area contributed by atoms with Crippen LogP contribution in [0.2, 0.25) is 0 Å². The molecule has 1 saturated heterocycles. The second kappa shape index (κ2) is 7.95. The molecule has 0 aromatic heterocycles. The highest BCUT2D eigenvalue weighted by Gasteiger charge is 2.46. The summed E-state index contributed by atoms with van der Waals surface area (Å²) < 4.78 is 5.64. The van der Waals surface area contributed by atoms with Gasteiger partial charge >= 0.3 is 6.03 Å². The molecule has 1 fully saturated rings. The minimum atomic E-state index is -0.870. The van der Waals surface area contributed by atoms with Gasteiger partial charge in [0.25, 0.3) is 5.91 Å². The van der Waals surface area contributed by atoms with E-state index in [1.807, 2.05) is 31.2 Å². The number of hydrazone groups is 1. The van der Waals surface area contributed by atoms with Crippen LogP contribution in [-0.4, -0.2) is 35.3 Å². The smallest absolute Gasteiger partial charge is 0.346 e. The molecule has 2 rings (SSSR count). The molecule has 1 aliphatic heterocycles. The van der Waals surface area contributed by atoms with Gasteiger partial charge in [-0.25, -0.2) is 4.79 Å². The highest BCUT2D eigenvalue weighted by Crippen LogP contribution is 2.21. The summed E-state index contributed by atoms with van der Waals surface area (Å²) in [5.41, 5.74) is -0.0773. The van der Waals surface area contributed by atoms with Crippen LogP contribution in [0.4, 0.5) is 4.79 Å². The Morgan fingerprint density at radius 1 is 1.21 bits per heavy atom. The van der Waals surface area contributed by atoms with E-state index in [-0.39, 0.29) is 5.91 Å². The fourth-order valence-electron chi connectivity index (χ4n) is 2.33. The lowest BCUT2D eigenvalue weighted by Crippen LogP contribution is -2.42. The minimum absolute atomic E-state index is 0.331. The van der Waals surface area contributed by atoms with E-state index in [1.54, 1.807) is 6.92 Å². The maximum Gasteiger partial charge on any atom is 0.346 e. The van der Waals surface area contributed by atoms with Crippen LogP contribution < -0.4 is 10.1 Å². The number of nitrogens with one attached hydrogen (secondary N) is 1. The van der Waals surface area contributed by atoms with Crippen LogP contribution in [0.3, 0.4) is 0 Å². The first-order valence-electron chi connectivity index (χ1n) is 8.43. The zero-order valence-corrected chi connectivity index (χ0v) is 14.5. The molecular formula is C18H25N3O3. The van der Waals surface area contributed by atoms with Crippen molar-refractivity contribution < 1.29 is 14.3 Å². The molecule has 1 aliphatic rings. The number of urea groups is 1. The maximum atomic E-state index is 12.2. The summed E-state index contributed by atoms with van der Waals surface area (Å²) in [5.74, 6) is 0.471. The largest absolute Gasteiger partial charge is 0.494 e. The Morgan fingerprint density at radius 3 is 2.50 bits per heavy atom. The second-order valence-electron chi connectivity index (χ2n) is 6.10. The van der Waals surface area contributed by atoms with E-state index >= 15 is 0 Å². The number of carbonyl (C=O) groups is 2. The Kier molecular flexibility index (Phi) is 5.95. The molecule has 0 aliphatic carbocycles. The minimum Gasteiger partial charge on any atom is -0.494 e. The van der Waals surface area contributed by atoms with E-state index in [2.05, 4.69) is 17.3 Å². The van der Waals surface area contributed by atoms with Crippen LogP contribution in [-0.2, 0) is 4.79 Å². The Morgan fingerprint density at radius 2 is 1.92 bits per heavy atom. The first-order chi connectivity index (χ1) is 11.5. The lowest BCUT2D eigenvalue weighted by Gasteiger charge is -2.17. The van der Waals surface area contributed by atoms with Crippen molar-refractivity contribution in [1.29, 1.82) is 0 Å². The summed E-state index contributed by atoms with van der Waals surface area (Å²) in [6.07, 6.45) is 5.39. The van der Waals surface area contributed by atoms with E-state index < -0.39 is 11.6 Å². The van der Waals surface area contributed by atoms with Crippen LogP contribution in [0.15, 0.2) is 29.4 Å². The van der Waals surface area contributed by atoms with Gasteiger partial charge in [-0.3, -0.25) is 4.79 Å². The van der Waals surface area contributed by atoms with Gasteiger partial charge in [0, 0.05) is 0 Å². The molecule has 6 heteroatoms. The molecule has 130 valence electrons. The molecule has 1 aromatic carbocycles. The molecule has 1 aromatic rings. The van der Waals surface area contributed by atoms with Crippen molar-refractivity contribution in [2.45, 2.75) is 52.0 Å². The number of nitrogens with zero attached hydrogens (tertiary/aromatic N) is 2. The molecule has 0 saturated carbocycles. The lowest BCUT2D eigenvalue weighted by atomic mass is 10.00. The number of unbranched alkanes of at least 4 members (excludes halogenated alkanes) is 2. The molecule has 0 radical (unpaired) electrons. The number of ether oxygens (including phenoxy) is 1. The van der Waals surface area contributed by atoms with Crippen LogP contribution in [0.5, 0.6) is 5.75 Å². The molecule has 0 bridgehead atoms. The zero-order valence-electron chi connectivity index (χ0n) is 14.5.